The molecule has 0 saturated carbocycles. The maximum atomic E-state index is 13.9. The molecule has 202 valence electrons. The molecule has 0 saturated heterocycles. The third-order valence-electron chi connectivity index (χ3n) is 6.49. The number of nitrogens with zero attached hydrogens (tertiary/aromatic N) is 2. The molecule has 3 rings (SSSR count). The Bertz CT molecular complexity index is 1350. The van der Waals surface area contributed by atoms with Gasteiger partial charge in [0.1, 0.15) is 12.6 Å². The minimum Gasteiger partial charge on any atom is -0.352 e. The SMILES string of the molecule is CC[C@@H](C)NC(=O)[C@@H](C)N(Cc1ccccc1C)C(=O)CN(c1ccc(Br)cc1)S(=O)(=O)c1ccccc1. The standard InChI is InChI=1S/C29H34BrN3O4S/c1-5-22(3)31-29(35)23(4)32(19-24-12-10-9-11-21(24)2)28(34)20-33(26-17-15-25(30)16-18-26)38(36,37)27-13-7-6-8-14-27/h6-18,22-23H,5,19-20H2,1-4H3,(H,31,35)/t22-,23-/m1/s1. The quantitative estimate of drug-likeness (QED) is 0.324. The van der Waals surface area contributed by atoms with Gasteiger partial charge in [0.15, 0.2) is 0 Å². The molecule has 0 aliphatic rings. The average molecular weight is 601 g/mol. The summed E-state index contributed by atoms with van der Waals surface area (Å²) in [7, 11) is -4.08. The topological polar surface area (TPSA) is 86.8 Å². The normalized spacial score (nSPS) is 12.9. The summed E-state index contributed by atoms with van der Waals surface area (Å²) < 4.78 is 29.4. The second-order valence-corrected chi connectivity index (χ2v) is 12.0. The Morgan fingerprint density at radius 3 is 2.13 bits per heavy atom. The Morgan fingerprint density at radius 1 is 0.921 bits per heavy atom. The van der Waals surface area contributed by atoms with E-state index in [4.69, 9.17) is 0 Å². The van der Waals surface area contributed by atoms with Gasteiger partial charge in [-0.3, -0.25) is 13.9 Å². The lowest BCUT2D eigenvalue weighted by Gasteiger charge is -2.32. The molecule has 0 aliphatic heterocycles. The molecule has 0 aromatic heterocycles. The van der Waals surface area contributed by atoms with Crippen LogP contribution < -0.4 is 9.62 Å². The zero-order chi connectivity index (χ0) is 27.9. The van der Waals surface area contributed by atoms with Crippen LogP contribution in [0.5, 0.6) is 0 Å². The lowest BCUT2D eigenvalue weighted by Crippen LogP contribution is -2.52. The highest BCUT2D eigenvalue weighted by Gasteiger charge is 2.32. The second-order valence-electron chi connectivity index (χ2n) is 9.24. The largest absolute Gasteiger partial charge is 0.352 e. The number of hydrogen-bond donors (Lipinski definition) is 1. The second kappa shape index (κ2) is 13.1. The molecule has 2 amide bonds. The Labute approximate surface area is 234 Å². The Balaban J connectivity index is 2.02. The third-order valence-corrected chi connectivity index (χ3v) is 8.81. The molecule has 0 unspecified atom stereocenters. The summed E-state index contributed by atoms with van der Waals surface area (Å²) in [6.45, 7) is 7.18. The highest BCUT2D eigenvalue weighted by molar-refractivity contribution is 9.10. The lowest BCUT2D eigenvalue weighted by molar-refractivity contribution is -0.139. The minimum atomic E-state index is -4.08. The van der Waals surface area contributed by atoms with E-state index in [1.165, 1.54) is 17.0 Å². The van der Waals surface area contributed by atoms with Gasteiger partial charge in [0, 0.05) is 17.1 Å². The molecule has 3 aromatic rings. The third kappa shape index (κ3) is 7.23. The van der Waals surface area contributed by atoms with Gasteiger partial charge in [0.25, 0.3) is 10.0 Å². The van der Waals surface area contributed by atoms with Crippen molar-refractivity contribution < 1.29 is 18.0 Å². The fourth-order valence-electron chi connectivity index (χ4n) is 3.87. The Morgan fingerprint density at radius 2 is 1.53 bits per heavy atom. The van der Waals surface area contributed by atoms with E-state index in [1.54, 1.807) is 49.4 Å². The Kier molecular flexibility index (Phi) is 10.1. The van der Waals surface area contributed by atoms with Crippen LogP contribution in [0.15, 0.2) is 88.2 Å². The number of benzene rings is 3. The molecular weight excluding hydrogens is 566 g/mol. The zero-order valence-corrected chi connectivity index (χ0v) is 24.5. The fourth-order valence-corrected chi connectivity index (χ4v) is 5.57. The number of hydrogen-bond acceptors (Lipinski definition) is 4. The van der Waals surface area contributed by atoms with Crippen LogP contribution in [0, 0.1) is 6.92 Å². The van der Waals surface area contributed by atoms with E-state index in [9.17, 15) is 18.0 Å². The van der Waals surface area contributed by atoms with Crippen molar-refractivity contribution in [2.45, 2.75) is 57.6 Å². The van der Waals surface area contributed by atoms with Crippen LogP contribution in [0.3, 0.4) is 0 Å². The van der Waals surface area contributed by atoms with Gasteiger partial charge >= 0.3 is 0 Å². The van der Waals surface area contributed by atoms with Gasteiger partial charge < -0.3 is 10.2 Å². The number of carbonyl (C=O) groups excluding carboxylic acids is 2. The number of carbonyl (C=O) groups is 2. The molecule has 0 aliphatic carbocycles. The monoisotopic (exact) mass is 599 g/mol. The molecule has 9 heteroatoms. The van der Waals surface area contributed by atoms with Gasteiger partial charge in [-0.1, -0.05) is 65.3 Å². The van der Waals surface area contributed by atoms with E-state index in [-0.39, 0.29) is 23.4 Å². The highest BCUT2D eigenvalue weighted by Crippen LogP contribution is 2.26. The molecule has 2 atom stereocenters. The van der Waals surface area contributed by atoms with Crippen molar-refractivity contribution >= 4 is 43.5 Å². The number of rotatable bonds is 11. The van der Waals surface area contributed by atoms with Crippen LogP contribution in [-0.2, 0) is 26.2 Å². The minimum absolute atomic E-state index is 0.0573. The fraction of sp³-hybridized carbons (Fsp3) is 0.310. The zero-order valence-electron chi connectivity index (χ0n) is 22.1. The number of aryl methyl sites for hydroxylation is 1. The van der Waals surface area contributed by atoms with Gasteiger partial charge in [-0.25, -0.2) is 8.42 Å². The van der Waals surface area contributed by atoms with Crippen molar-refractivity contribution in [1.82, 2.24) is 10.2 Å². The van der Waals surface area contributed by atoms with Crippen molar-refractivity contribution in [3.05, 3.63) is 94.5 Å². The Hall–Kier alpha value is -3.17. The van der Waals surface area contributed by atoms with E-state index in [0.717, 1.165) is 26.3 Å². The maximum Gasteiger partial charge on any atom is 0.264 e. The van der Waals surface area contributed by atoms with Crippen LogP contribution in [0.2, 0.25) is 0 Å². The summed E-state index contributed by atoms with van der Waals surface area (Å²) in [6, 6.07) is 21.5. The molecule has 0 radical (unpaired) electrons. The first-order valence-electron chi connectivity index (χ1n) is 12.5. The van der Waals surface area contributed by atoms with Crippen molar-refractivity contribution in [2.24, 2.45) is 0 Å². The molecule has 7 nitrogen and oxygen atoms in total. The van der Waals surface area contributed by atoms with E-state index in [2.05, 4.69) is 21.2 Å². The molecule has 3 aromatic carbocycles. The predicted molar refractivity (Wildman–Crippen MR) is 154 cm³/mol. The van der Waals surface area contributed by atoms with Crippen molar-refractivity contribution in [2.75, 3.05) is 10.8 Å². The number of halogens is 1. The van der Waals surface area contributed by atoms with Crippen molar-refractivity contribution in [3.8, 4) is 0 Å². The van der Waals surface area contributed by atoms with E-state index in [1.807, 2.05) is 45.0 Å². The van der Waals surface area contributed by atoms with Gasteiger partial charge in [0.05, 0.1) is 10.6 Å². The van der Waals surface area contributed by atoms with E-state index < -0.39 is 28.5 Å². The summed E-state index contributed by atoms with van der Waals surface area (Å²) in [5, 5.41) is 2.94. The van der Waals surface area contributed by atoms with Gasteiger partial charge in [-0.2, -0.15) is 0 Å². The summed E-state index contributed by atoms with van der Waals surface area (Å²) >= 11 is 3.38. The average Bonchev–Trinajstić information content (AvgIpc) is 2.91. The van der Waals surface area contributed by atoms with Gasteiger partial charge in [-0.05, 0) is 74.7 Å². The van der Waals surface area contributed by atoms with Gasteiger partial charge in [0.2, 0.25) is 11.8 Å². The van der Waals surface area contributed by atoms with Crippen molar-refractivity contribution in [3.63, 3.8) is 0 Å². The first-order chi connectivity index (χ1) is 18.0. The van der Waals surface area contributed by atoms with Crippen LogP contribution in [0.1, 0.15) is 38.3 Å². The molecule has 0 heterocycles. The molecule has 0 spiro atoms. The summed E-state index contributed by atoms with van der Waals surface area (Å²) in [6.07, 6.45) is 0.747. The van der Waals surface area contributed by atoms with Crippen LogP contribution in [0.4, 0.5) is 5.69 Å². The first-order valence-corrected chi connectivity index (χ1v) is 14.8. The lowest BCUT2D eigenvalue weighted by atomic mass is 10.1. The van der Waals surface area contributed by atoms with Crippen LogP contribution >= 0.6 is 15.9 Å². The molecular formula is C29H34BrN3O4S. The number of anilines is 1. The summed E-state index contributed by atoms with van der Waals surface area (Å²) in [4.78, 5) is 28.5. The van der Waals surface area contributed by atoms with Crippen molar-refractivity contribution in [1.29, 1.82) is 0 Å². The summed E-state index contributed by atoms with van der Waals surface area (Å²) in [5.74, 6) is -0.773. The van der Waals surface area contributed by atoms with Crippen LogP contribution in [-0.4, -0.2) is 43.8 Å². The first kappa shape index (κ1) is 29.4. The number of nitrogens with one attached hydrogen (secondary N) is 1. The maximum absolute atomic E-state index is 13.9. The summed E-state index contributed by atoms with van der Waals surface area (Å²) in [5.41, 5.74) is 2.20. The molecule has 1 N–H and O–H groups in total. The number of amides is 2. The molecule has 38 heavy (non-hydrogen) atoms. The van der Waals surface area contributed by atoms with Gasteiger partial charge in [-0.15, -0.1) is 0 Å². The van der Waals surface area contributed by atoms with E-state index in [0.29, 0.717) is 5.69 Å². The molecule has 0 fully saturated rings. The molecule has 0 bridgehead atoms. The van der Waals surface area contributed by atoms with Crippen LogP contribution in [0.25, 0.3) is 0 Å². The number of sulfonamides is 1. The van der Waals surface area contributed by atoms with E-state index >= 15 is 0 Å². The smallest absolute Gasteiger partial charge is 0.264 e. The highest BCUT2D eigenvalue weighted by atomic mass is 79.9. The predicted octanol–water partition coefficient (Wildman–Crippen LogP) is 5.28.